The van der Waals surface area contributed by atoms with Crippen molar-refractivity contribution in [3.8, 4) is 0 Å². The number of methoxy groups -OCH3 is 1. The van der Waals surface area contributed by atoms with Crippen molar-refractivity contribution in [2.75, 3.05) is 13.7 Å². The van der Waals surface area contributed by atoms with E-state index in [2.05, 4.69) is 5.32 Å². The number of halogens is 1. The summed E-state index contributed by atoms with van der Waals surface area (Å²) in [4.78, 5) is 11.6. The maximum atomic E-state index is 11.6. The molecule has 0 spiro atoms. The SMILES string of the molecule is COC[C@@H](C)NCc1cc(=O)oc2cc(C)c(Cl)cc12. The Labute approximate surface area is 122 Å². The molecule has 0 bridgehead atoms. The second kappa shape index (κ2) is 6.39. The molecule has 0 saturated carbocycles. The summed E-state index contributed by atoms with van der Waals surface area (Å²) in [6, 6.07) is 5.33. The second-order valence-electron chi connectivity index (χ2n) is 4.93. The van der Waals surface area contributed by atoms with E-state index in [0.29, 0.717) is 23.8 Å². The van der Waals surface area contributed by atoms with Gasteiger partial charge in [-0.25, -0.2) is 4.79 Å². The summed E-state index contributed by atoms with van der Waals surface area (Å²) in [5, 5.41) is 4.83. The molecule has 0 saturated heterocycles. The second-order valence-corrected chi connectivity index (χ2v) is 5.33. The zero-order chi connectivity index (χ0) is 14.7. The molecule has 0 fully saturated rings. The molecule has 1 N–H and O–H groups in total. The minimum Gasteiger partial charge on any atom is -0.423 e. The number of ether oxygens (including phenoxy) is 1. The fourth-order valence-electron chi connectivity index (χ4n) is 2.09. The minimum absolute atomic E-state index is 0.197. The van der Waals surface area contributed by atoms with E-state index in [1.54, 1.807) is 13.2 Å². The van der Waals surface area contributed by atoms with E-state index in [4.69, 9.17) is 20.8 Å². The van der Waals surface area contributed by atoms with Crippen LogP contribution in [0.5, 0.6) is 0 Å². The highest BCUT2D eigenvalue weighted by Gasteiger charge is 2.09. The van der Waals surface area contributed by atoms with E-state index in [1.807, 2.05) is 19.9 Å². The summed E-state index contributed by atoms with van der Waals surface area (Å²) in [6.45, 7) is 5.08. The number of rotatable bonds is 5. The van der Waals surface area contributed by atoms with Crippen LogP contribution in [-0.4, -0.2) is 19.8 Å². The highest BCUT2D eigenvalue weighted by atomic mass is 35.5. The fourth-order valence-corrected chi connectivity index (χ4v) is 2.25. The molecule has 2 rings (SSSR count). The predicted molar refractivity (Wildman–Crippen MR) is 80.4 cm³/mol. The average molecular weight is 296 g/mol. The van der Waals surface area contributed by atoms with E-state index < -0.39 is 0 Å². The van der Waals surface area contributed by atoms with Gasteiger partial charge in [-0.3, -0.25) is 0 Å². The van der Waals surface area contributed by atoms with E-state index >= 15 is 0 Å². The Morgan fingerprint density at radius 2 is 2.15 bits per heavy atom. The molecule has 4 nitrogen and oxygen atoms in total. The summed E-state index contributed by atoms with van der Waals surface area (Å²) in [5.74, 6) is 0. The highest BCUT2D eigenvalue weighted by molar-refractivity contribution is 6.32. The van der Waals surface area contributed by atoms with Crippen molar-refractivity contribution in [1.29, 1.82) is 0 Å². The highest BCUT2D eigenvalue weighted by Crippen LogP contribution is 2.25. The third-order valence-electron chi connectivity index (χ3n) is 3.17. The monoisotopic (exact) mass is 295 g/mol. The Hall–Kier alpha value is -1.36. The lowest BCUT2D eigenvalue weighted by molar-refractivity contribution is 0.171. The van der Waals surface area contributed by atoms with Gasteiger partial charge in [-0.05, 0) is 37.1 Å². The molecule has 1 atom stereocenters. The van der Waals surface area contributed by atoms with Crippen molar-refractivity contribution in [2.45, 2.75) is 26.4 Å². The fraction of sp³-hybridized carbons (Fsp3) is 0.400. The molecule has 0 radical (unpaired) electrons. The summed E-state index contributed by atoms with van der Waals surface area (Å²) < 4.78 is 10.3. The lowest BCUT2D eigenvalue weighted by Gasteiger charge is -2.13. The molecule has 1 aromatic heterocycles. The largest absolute Gasteiger partial charge is 0.423 e. The molecular formula is C15H18ClNO3. The Morgan fingerprint density at radius 3 is 2.85 bits per heavy atom. The van der Waals surface area contributed by atoms with Crippen LogP contribution in [0, 0.1) is 6.92 Å². The molecule has 2 aromatic rings. The van der Waals surface area contributed by atoms with Crippen molar-refractivity contribution in [3.63, 3.8) is 0 Å². The third kappa shape index (κ3) is 3.39. The van der Waals surface area contributed by atoms with Gasteiger partial charge >= 0.3 is 5.63 Å². The summed E-state index contributed by atoms with van der Waals surface area (Å²) in [5.41, 5.74) is 1.98. The van der Waals surface area contributed by atoms with Crippen LogP contribution < -0.4 is 10.9 Å². The van der Waals surface area contributed by atoms with Crippen molar-refractivity contribution in [3.05, 3.63) is 44.8 Å². The first-order chi connectivity index (χ1) is 9.51. The van der Waals surface area contributed by atoms with Gasteiger partial charge in [0.25, 0.3) is 0 Å². The molecule has 1 aromatic carbocycles. The van der Waals surface area contributed by atoms with Crippen LogP contribution in [-0.2, 0) is 11.3 Å². The molecule has 20 heavy (non-hydrogen) atoms. The Bertz CT molecular complexity index is 666. The van der Waals surface area contributed by atoms with Gasteiger partial charge in [0.1, 0.15) is 5.58 Å². The van der Waals surface area contributed by atoms with Crippen LogP contribution in [0.25, 0.3) is 11.0 Å². The van der Waals surface area contributed by atoms with Crippen molar-refractivity contribution in [1.82, 2.24) is 5.32 Å². The molecule has 0 aliphatic carbocycles. The summed E-state index contributed by atoms with van der Waals surface area (Å²) in [6.07, 6.45) is 0. The quantitative estimate of drug-likeness (QED) is 0.862. The Balaban J connectivity index is 2.37. The van der Waals surface area contributed by atoms with Gasteiger partial charge in [0.2, 0.25) is 0 Å². The molecule has 0 aliphatic rings. The van der Waals surface area contributed by atoms with E-state index in [1.165, 1.54) is 6.07 Å². The van der Waals surface area contributed by atoms with Gasteiger partial charge in [0, 0.05) is 36.2 Å². The van der Waals surface area contributed by atoms with E-state index in [0.717, 1.165) is 16.5 Å². The molecular weight excluding hydrogens is 278 g/mol. The van der Waals surface area contributed by atoms with Gasteiger partial charge in [0.15, 0.2) is 0 Å². The standard InChI is InChI=1S/C15H18ClNO3/c1-9-4-14-12(6-13(9)16)11(5-15(18)20-14)7-17-10(2)8-19-3/h4-6,10,17H,7-8H2,1-3H3/t10-/m1/s1. The van der Waals surface area contributed by atoms with Gasteiger partial charge in [-0.2, -0.15) is 0 Å². The predicted octanol–water partition coefficient (Wildman–Crippen LogP) is 2.88. The summed E-state index contributed by atoms with van der Waals surface area (Å²) >= 11 is 6.15. The Kier molecular flexibility index (Phi) is 4.81. The van der Waals surface area contributed by atoms with Crippen LogP contribution in [0.4, 0.5) is 0 Å². The first-order valence-electron chi connectivity index (χ1n) is 6.46. The van der Waals surface area contributed by atoms with Crippen LogP contribution in [0.2, 0.25) is 5.02 Å². The van der Waals surface area contributed by atoms with Crippen molar-refractivity contribution in [2.24, 2.45) is 0 Å². The zero-order valence-corrected chi connectivity index (χ0v) is 12.6. The van der Waals surface area contributed by atoms with Crippen molar-refractivity contribution >= 4 is 22.6 Å². The molecule has 5 heteroatoms. The van der Waals surface area contributed by atoms with Gasteiger partial charge in [0.05, 0.1) is 6.61 Å². The van der Waals surface area contributed by atoms with Crippen molar-refractivity contribution < 1.29 is 9.15 Å². The number of hydrogen-bond acceptors (Lipinski definition) is 4. The molecule has 0 aliphatic heterocycles. The maximum Gasteiger partial charge on any atom is 0.336 e. The normalized spacial score (nSPS) is 12.8. The Morgan fingerprint density at radius 1 is 1.40 bits per heavy atom. The zero-order valence-electron chi connectivity index (χ0n) is 11.8. The lowest BCUT2D eigenvalue weighted by atomic mass is 10.1. The number of benzene rings is 1. The number of hydrogen-bond donors (Lipinski definition) is 1. The summed E-state index contributed by atoms with van der Waals surface area (Å²) in [7, 11) is 1.66. The topological polar surface area (TPSA) is 51.5 Å². The van der Waals surface area contributed by atoms with Gasteiger partial charge in [-0.1, -0.05) is 11.6 Å². The minimum atomic E-state index is -0.351. The molecule has 0 amide bonds. The van der Waals surface area contributed by atoms with Gasteiger partial charge < -0.3 is 14.5 Å². The number of aryl methyl sites for hydroxylation is 1. The molecule has 0 unspecified atom stereocenters. The molecule has 108 valence electrons. The average Bonchev–Trinajstić information content (AvgIpc) is 2.38. The van der Waals surface area contributed by atoms with E-state index in [9.17, 15) is 4.79 Å². The van der Waals surface area contributed by atoms with Gasteiger partial charge in [-0.15, -0.1) is 0 Å². The first-order valence-corrected chi connectivity index (χ1v) is 6.84. The smallest absolute Gasteiger partial charge is 0.336 e. The number of nitrogens with one attached hydrogen (secondary N) is 1. The maximum absolute atomic E-state index is 11.6. The lowest BCUT2D eigenvalue weighted by Crippen LogP contribution is -2.29. The number of fused-ring (bicyclic) bond motifs is 1. The first kappa shape index (κ1) is 15.0. The van der Waals surface area contributed by atoms with Crippen LogP contribution in [0.1, 0.15) is 18.1 Å². The van der Waals surface area contributed by atoms with Crippen LogP contribution in [0.3, 0.4) is 0 Å². The van der Waals surface area contributed by atoms with E-state index in [-0.39, 0.29) is 11.7 Å². The molecule has 1 heterocycles. The van der Waals surface area contributed by atoms with Crippen LogP contribution >= 0.6 is 11.6 Å². The third-order valence-corrected chi connectivity index (χ3v) is 3.57. The van der Waals surface area contributed by atoms with Crippen LogP contribution in [0.15, 0.2) is 27.4 Å².